The molecule has 1 fully saturated rings. The summed E-state index contributed by atoms with van der Waals surface area (Å²) in [5.74, 6) is 1.23. The Morgan fingerprint density at radius 2 is 1.68 bits per heavy atom. The number of rotatable bonds is 7. The van der Waals surface area contributed by atoms with Crippen LogP contribution in [0.15, 0.2) is 77.7 Å². The third kappa shape index (κ3) is 4.46. The highest BCUT2D eigenvalue weighted by atomic mass is 32.2. The topological polar surface area (TPSA) is 76.2 Å². The van der Waals surface area contributed by atoms with Crippen LogP contribution < -0.4 is 13.8 Å². The number of likely N-dealkylation sites (tertiary alicyclic amines) is 1. The highest BCUT2D eigenvalue weighted by Crippen LogP contribution is 2.39. The van der Waals surface area contributed by atoms with E-state index in [0.717, 1.165) is 18.4 Å². The van der Waals surface area contributed by atoms with Crippen molar-refractivity contribution in [3.63, 3.8) is 0 Å². The summed E-state index contributed by atoms with van der Waals surface area (Å²) in [5, 5.41) is 0. The second-order valence-corrected chi connectivity index (χ2v) is 10.1. The molecule has 1 aliphatic rings. The lowest BCUT2D eigenvalue weighted by molar-refractivity contribution is 0.0734. The third-order valence-corrected chi connectivity index (χ3v) is 7.99. The van der Waals surface area contributed by atoms with Gasteiger partial charge in [0.2, 0.25) is 0 Å². The minimum absolute atomic E-state index is 0.124. The van der Waals surface area contributed by atoms with Crippen molar-refractivity contribution in [2.45, 2.75) is 23.8 Å². The van der Waals surface area contributed by atoms with Gasteiger partial charge in [-0.3, -0.25) is 9.10 Å². The van der Waals surface area contributed by atoms with E-state index < -0.39 is 10.0 Å². The van der Waals surface area contributed by atoms with Crippen molar-refractivity contribution in [1.82, 2.24) is 4.90 Å². The number of para-hydroxylation sites is 1. The molecule has 0 aliphatic carbocycles. The molecule has 1 saturated heterocycles. The summed E-state index contributed by atoms with van der Waals surface area (Å²) in [6.45, 7) is 0.621. The van der Waals surface area contributed by atoms with Crippen LogP contribution in [-0.2, 0) is 10.0 Å². The zero-order chi connectivity index (χ0) is 24.3. The van der Waals surface area contributed by atoms with Crippen LogP contribution in [0.5, 0.6) is 11.5 Å². The Bertz CT molecular complexity index is 1260. The smallest absolute Gasteiger partial charge is 0.264 e. The van der Waals surface area contributed by atoms with Crippen LogP contribution in [0.2, 0.25) is 0 Å². The summed E-state index contributed by atoms with van der Waals surface area (Å²) >= 11 is 0. The maximum absolute atomic E-state index is 13.4. The number of amides is 1. The second kappa shape index (κ2) is 9.77. The number of sulfonamides is 1. The molecule has 4 rings (SSSR count). The van der Waals surface area contributed by atoms with Gasteiger partial charge in [0.15, 0.2) is 0 Å². The fourth-order valence-corrected chi connectivity index (χ4v) is 5.49. The first-order valence-corrected chi connectivity index (χ1v) is 12.5. The first-order chi connectivity index (χ1) is 16.4. The standard InChI is InChI=1S/C26H28N2O5S/c1-27(20-8-5-4-6-9-20)34(30,31)22-14-11-19(12-15-22)26(29)28-17-7-10-24(28)23-16-13-21(32-2)18-25(23)33-3/h4-6,8-9,11-16,18,24H,7,10,17H2,1-3H3. The Labute approximate surface area is 200 Å². The van der Waals surface area contributed by atoms with Crippen LogP contribution in [0, 0.1) is 0 Å². The van der Waals surface area contributed by atoms with Gasteiger partial charge in [0.05, 0.1) is 30.8 Å². The number of ether oxygens (including phenoxy) is 2. The van der Waals surface area contributed by atoms with Crippen molar-refractivity contribution in [2.75, 3.05) is 32.1 Å². The Hall–Kier alpha value is -3.52. The highest BCUT2D eigenvalue weighted by Gasteiger charge is 2.33. The molecular weight excluding hydrogens is 452 g/mol. The van der Waals surface area contributed by atoms with Gasteiger partial charge in [-0.05, 0) is 61.4 Å². The summed E-state index contributed by atoms with van der Waals surface area (Å²) in [4.78, 5) is 15.3. The molecule has 3 aromatic rings. The predicted octanol–water partition coefficient (Wildman–Crippen LogP) is 4.51. The number of methoxy groups -OCH3 is 2. The Balaban J connectivity index is 1.57. The van der Waals surface area contributed by atoms with Crippen LogP contribution in [0.4, 0.5) is 5.69 Å². The molecule has 8 heteroatoms. The molecule has 0 radical (unpaired) electrons. The van der Waals surface area contributed by atoms with Crippen LogP contribution in [0.1, 0.15) is 34.8 Å². The lowest BCUT2D eigenvalue weighted by atomic mass is 10.0. The average Bonchev–Trinajstić information content (AvgIpc) is 3.37. The lowest BCUT2D eigenvalue weighted by Crippen LogP contribution is -2.31. The Kier molecular flexibility index (Phi) is 6.79. The number of benzene rings is 3. The normalized spacial score (nSPS) is 15.7. The molecular formula is C26H28N2O5S. The molecule has 0 bridgehead atoms. The van der Waals surface area contributed by atoms with Crippen molar-refractivity contribution in [1.29, 1.82) is 0 Å². The number of nitrogens with zero attached hydrogens (tertiary/aromatic N) is 2. The molecule has 0 N–H and O–H groups in total. The van der Waals surface area contributed by atoms with Crippen molar-refractivity contribution >= 4 is 21.6 Å². The summed E-state index contributed by atoms with van der Waals surface area (Å²) in [5.41, 5.74) is 1.94. The molecule has 34 heavy (non-hydrogen) atoms. The summed E-state index contributed by atoms with van der Waals surface area (Å²) in [6, 6.07) is 20.5. The molecule has 1 heterocycles. The van der Waals surface area contributed by atoms with Gasteiger partial charge in [0.25, 0.3) is 15.9 Å². The zero-order valence-corrected chi connectivity index (χ0v) is 20.3. The molecule has 3 aromatic carbocycles. The highest BCUT2D eigenvalue weighted by molar-refractivity contribution is 7.92. The van der Waals surface area contributed by atoms with Crippen LogP contribution >= 0.6 is 0 Å². The van der Waals surface area contributed by atoms with Crippen molar-refractivity contribution in [3.8, 4) is 11.5 Å². The second-order valence-electron chi connectivity index (χ2n) is 8.10. The average molecular weight is 481 g/mol. The van der Waals surface area contributed by atoms with E-state index in [9.17, 15) is 13.2 Å². The molecule has 7 nitrogen and oxygen atoms in total. The minimum atomic E-state index is -3.74. The molecule has 1 aliphatic heterocycles. The van der Waals surface area contributed by atoms with E-state index >= 15 is 0 Å². The first-order valence-electron chi connectivity index (χ1n) is 11.0. The number of carbonyl (C=O) groups is 1. The minimum Gasteiger partial charge on any atom is -0.497 e. The van der Waals surface area contributed by atoms with E-state index in [-0.39, 0.29) is 16.8 Å². The van der Waals surface area contributed by atoms with Crippen molar-refractivity contribution < 1.29 is 22.7 Å². The van der Waals surface area contributed by atoms with Gasteiger partial charge >= 0.3 is 0 Å². The van der Waals surface area contributed by atoms with Gasteiger partial charge < -0.3 is 14.4 Å². The molecule has 178 valence electrons. The lowest BCUT2D eigenvalue weighted by Gasteiger charge is -2.27. The quantitative estimate of drug-likeness (QED) is 0.498. The van der Waals surface area contributed by atoms with E-state index in [1.54, 1.807) is 50.6 Å². The Morgan fingerprint density at radius 1 is 0.971 bits per heavy atom. The predicted molar refractivity (Wildman–Crippen MR) is 131 cm³/mol. The summed E-state index contributed by atoms with van der Waals surface area (Å²) in [7, 11) is 0.973. The van der Waals surface area contributed by atoms with E-state index in [0.29, 0.717) is 29.3 Å². The van der Waals surface area contributed by atoms with Crippen LogP contribution in [0.25, 0.3) is 0 Å². The van der Waals surface area contributed by atoms with Crippen molar-refractivity contribution in [3.05, 3.63) is 83.9 Å². The molecule has 0 spiro atoms. The molecule has 0 saturated carbocycles. The van der Waals surface area contributed by atoms with E-state index in [4.69, 9.17) is 9.47 Å². The fourth-order valence-electron chi connectivity index (χ4n) is 4.30. The monoisotopic (exact) mass is 480 g/mol. The summed E-state index contributed by atoms with van der Waals surface area (Å²) < 4.78 is 38.2. The van der Waals surface area contributed by atoms with E-state index in [2.05, 4.69) is 0 Å². The van der Waals surface area contributed by atoms with Crippen molar-refractivity contribution in [2.24, 2.45) is 0 Å². The largest absolute Gasteiger partial charge is 0.497 e. The van der Waals surface area contributed by atoms with Gasteiger partial charge in [0, 0.05) is 30.8 Å². The van der Waals surface area contributed by atoms with Crippen LogP contribution in [0.3, 0.4) is 0 Å². The van der Waals surface area contributed by atoms with E-state index in [1.165, 1.54) is 23.5 Å². The van der Waals surface area contributed by atoms with Crippen LogP contribution in [-0.4, -0.2) is 47.0 Å². The summed E-state index contributed by atoms with van der Waals surface area (Å²) in [6.07, 6.45) is 1.70. The maximum atomic E-state index is 13.4. The maximum Gasteiger partial charge on any atom is 0.264 e. The van der Waals surface area contributed by atoms with Gasteiger partial charge in [-0.1, -0.05) is 18.2 Å². The van der Waals surface area contributed by atoms with Gasteiger partial charge in [-0.15, -0.1) is 0 Å². The van der Waals surface area contributed by atoms with Gasteiger partial charge in [0.1, 0.15) is 11.5 Å². The Morgan fingerprint density at radius 3 is 2.32 bits per heavy atom. The zero-order valence-electron chi connectivity index (χ0n) is 19.5. The first kappa shape index (κ1) is 23.6. The molecule has 1 atom stereocenters. The number of carbonyl (C=O) groups excluding carboxylic acids is 1. The van der Waals surface area contributed by atoms with Gasteiger partial charge in [-0.25, -0.2) is 8.42 Å². The molecule has 0 aromatic heterocycles. The molecule has 1 unspecified atom stereocenters. The number of hydrogen-bond donors (Lipinski definition) is 0. The number of anilines is 1. The molecule has 1 amide bonds. The number of hydrogen-bond acceptors (Lipinski definition) is 5. The van der Waals surface area contributed by atoms with E-state index in [1.807, 2.05) is 29.2 Å². The third-order valence-electron chi connectivity index (χ3n) is 6.19. The fraction of sp³-hybridized carbons (Fsp3) is 0.269. The SMILES string of the molecule is COc1ccc(C2CCCN2C(=O)c2ccc(S(=O)(=O)N(C)c3ccccc3)cc2)c(OC)c1. The van der Waals surface area contributed by atoms with Gasteiger partial charge in [-0.2, -0.15) is 0 Å².